The molecule has 0 unspecified atom stereocenters. The molecule has 0 bridgehead atoms. The van der Waals surface area contributed by atoms with Gasteiger partial charge in [0.25, 0.3) is 0 Å². The number of aliphatic hydroxyl groups excluding tert-OH is 1. The first-order valence-electron chi connectivity index (χ1n) is 8.21. The molecule has 0 aliphatic carbocycles. The summed E-state index contributed by atoms with van der Waals surface area (Å²) in [6.45, 7) is 2.28. The van der Waals surface area contributed by atoms with Crippen molar-refractivity contribution in [2.24, 2.45) is 0 Å². The van der Waals surface area contributed by atoms with Crippen molar-refractivity contribution < 1.29 is 19.4 Å². The fraction of sp³-hybridized carbons (Fsp3) is 0.316. The highest BCUT2D eigenvalue weighted by Gasteiger charge is 2.32. The number of fused-ring (bicyclic) bond motifs is 2. The van der Waals surface area contributed by atoms with Crippen LogP contribution in [-0.2, 0) is 4.74 Å². The van der Waals surface area contributed by atoms with E-state index in [-0.39, 0.29) is 18.4 Å². The van der Waals surface area contributed by atoms with Crippen LogP contribution in [0.3, 0.4) is 0 Å². The number of halogens is 1. The lowest BCUT2D eigenvalue weighted by Crippen LogP contribution is -2.32. The van der Waals surface area contributed by atoms with Gasteiger partial charge >= 0.3 is 6.09 Å². The van der Waals surface area contributed by atoms with Crippen LogP contribution in [0.15, 0.2) is 42.5 Å². The highest BCUT2D eigenvalue weighted by Crippen LogP contribution is 2.46. The van der Waals surface area contributed by atoms with Crippen LogP contribution in [0.1, 0.15) is 29.9 Å². The second-order valence-electron chi connectivity index (χ2n) is 5.82. The van der Waals surface area contributed by atoms with Crippen molar-refractivity contribution in [2.75, 3.05) is 19.8 Å². The van der Waals surface area contributed by atoms with Gasteiger partial charge in [-0.15, -0.1) is 0 Å². The number of alkyl carbamates (subject to hydrolysis) is 1. The van der Waals surface area contributed by atoms with Gasteiger partial charge in [0.05, 0.1) is 13.2 Å². The van der Waals surface area contributed by atoms with Crippen molar-refractivity contribution in [3.8, 4) is 11.5 Å². The van der Waals surface area contributed by atoms with Crippen molar-refractivity contribution >= 4 is 17.7 Å². The first-order valence-corrected chi connectivity index (χ1v) is 8.59. The molecule has 6 heteroatoms. The Morgan fingerprint density at radius 3 is 2.72 bits per heavy atom. The molecule has 0 spiro atoms. The Morgan fingerprint density at radius 2 is 1.96 bits per heavy atom. The van der Waals surface area contributed by atoms with Gasteiger partial charge in [-0.05, 0) is 31.2 Å². The van der Waals surface area contributed by atoms with Crippen LogP contribution in [0.4, 0.5) is 4.79 Å². The Labute approximate surface area is 151 Å². The van der Waals surface area contributed by atoms with Gasteiger partial charge in [0.15, 0.2) is 0 Å². The molecule has 0 saturated carbocycles. The van der Waals surface area contributed by atoms with E-state index in [0.717, 1.165) is 11.1 Å². The van der Waals surface area contributed by atoms with Gasteiger partial charge in [0.2, 0.25) is 0 Å². The predicted molar refractivity (Wildman–Crippen MR) is 95.6 cm³/mol. The number of carbonyl (C=O) groups is 1. The first-order chi connectivity index (χ1) is 12.1. The number of hydrogen-bond donors (Lipinski definition) is 2. The number of amides is 1. The number of rotatable bonds is 4. The molecule has 25 heavy (non-hydrogen) atoms. The molecule has 2 aromatic rings. The molecule has 1 heterocycles. The SMILES string of the molecule is CCOC(=O)NC[C@H]1c2ccccc2Oc2ccc(Cl)cc2[C@@H]1CO. The average molecular weight is 362 g/mol. The molecule has 0 radical (unpaired) electrons. The maximum Gasteiger partial charge on any atom is 0.407 e. The van der Waals surface area contributed by atoms with Crippen LogP contribution in [0, 0.1) is 0 Å². The monoisotopic (exact) mass is 361 g/mol. The van der Waals surface area contributed by atoms with E-state index in [4.69, 9.17) is 21.1 Å². The summed E-state index contributed by atoms with van der Waals surface area (Å²) in [5.41, 5.74) is 1.74. The predicted octanol–water partition coefficient (Wildman–Crippen LogP) is 4.05. The van der Waals surface area contributed by atoms with E-state index in [1.807, 2.05) is 24.3 Å². The molecular formula is C19H20ClNO4. The molecule has 5 nitrogen and oxygen atoms in total. The van der Waals surface area contributed by atoms with Crippen LogP contribution < -0.4 is 10.1 Å². The van der Waals surface area contributed by atoms with Crippen LogP contribution in [0.2, 0.25) is 5.02 Å². The number of para-hydroxylation sites is 1. The largest absolute Gasteiger partial charge is 0.457 e. The summed E-state index contributed by atoms with van der Waals surface area (Å²) in [5, 5.41) is 13.4. The lowest BCUT2D eigenvalue weighted by Gasteiger charge is -2.25. The number of hydrogen-bond acceptors (Lipinski definition) is 4. The molecule has 1 amide bonds. The van der Waals surface area contributed by atoms with Gasteiger partial charge in [-0.1, -0.05) is 29.8 Å². The van der Waals surface area contributed by atoms with E-state index in [1.165, 1.54) is 0 Å². The van der Waals surface area contributed by atoms with Gasteiger partial charge < -0.3 is 19.9 Å². The fourth-order valence-corrected chi connectivity index (χ4v) is 3.37. The summed E-state index contributed by atoms with van der Waals surface area (Å²) in [7, 11) is 0. The van der Waals surface area contributed by atoms with Crippen molar-refractivity contribution in [2.45, 2.75) is 18.8 Å². The van der Waals surface area contributed by atoms with Crippen molar-refractivity contribution in [3.05, 3.63) is 58.6 Å². The number of aliphatic hydroxyl groups is 1. The molecule has 2 atom stereocenters. The normalized spacial score (nSPS) is 18.4. The minimum Gasteiger partial charge on any atom is -0.457 e. The van der Waals surface area contributed by atoms with Crippen molar-refractivity contribution in [1.82, 2.24) is 5.32 Å². The van der Waals surface area contributed by atoms with E-state index in [9.17, 15) is 9.90 Å². The summed E-state index contributed by atoms with van der Waals surface area (Å²) < 4.78 is 11.0. The van der Waals surface area contributed by atoms with E-state index in [2.05, 4.69) is 5.32 Å². The van der Waals surface area contributed by atoms with Gasteiger partial charge in [-0.25, -0.2) is 4.79 Å². The van der Waals surface area contributed by atoms with Crippen LogP contribution in [-0.4, -0.2) is 31.0 Å². The van der Waals surface area contributed by atoms with E-state index in [0.29, 0.717) is 29.7 Å². The van der Waals surface area contributed by atoms with Gasteiger partial charge in [0, 0.05) is 34.5 Å². The summed E-state index contributed by atoms with van der Waals surface area (Å²) in [4.78, 5) is 11.7. The van der Waals surface area contributed by atoms with Crippen LogP contribution >= 0.6 is 11.6 Å². The zero-order chi connectivity index (χ0) is 17.8. The Morgan fingerprint density at radius 1 is 1.20 bits per heavy atom. The van der Waals surface area contributed by atoms with Gasteiger partial charge in [-0.2, -0.15) is 0 Å². The lowest BCUT2D eigenvalue weighted by atomic mass is 9.82. The quantitative estimate of drug-likeness (QED) is 0.862. The van der Waals surface area contributed by atoms with Crippen molar-refractivity contribution in [3.63, 3.8) is 0 Å². The second-order valence-corrected chi connectivity index (χ2v) is 6.26. The topological polar surface area (TPSA) is 67.8 Å². The molecule has 0 fully saturated rings. The molecule has 132 valence electrons. The number of ether oxygens (including phenoxy) is 2. The third-order valence-corrected chi connectivity index (χ3v) is 4.57. The minimum atomic E-state index is -0.479. The molecule has 2 aromatic carbocycles. The number of nitrogens with one attached hydrogen (secondary N) is 1. The molecule has 1 aliphatic heterocycles. The molecule has 2 N–H and O–H groups in total. The maximum absolute atomic E-state index is 11.7. The summed E-state index contributed by atoms with van der Waals surface area (Å²) >= 11 is 6.15. The lowest BCUT2D eigenvalue weighted by molar-refractivity contribution is 0.150. The third kappa shape index (κ3) is 3.72. The van der Waals surface area contributed by atoms with E-state index in [1.54, 1.807) is 25.1 Å². The Hall–Kier alpha value is -2.24. The minimum absolute atomic E-state index is 0.0970. The highest BCUT2D eigenvalue weighted by atomic mass is 35.5. The Balaban J connectivity index is 2.01. The van der Waals surface area contributed by atoms with E-state index >= 15 is 0 Å². The third-order valence-electron chi connectivity index (χ3n) is 4.33. The summed E-state index contributed by atoms with van der Waals surface area (Å²) in [6, 6.07) is 13.0. The number of carbonyl (C=O) groups excluding carboxylic acids is 1. The highest BCUT2D eigenvalue weighted by molar-refractivity contribution is 6.30. The molecule has 3 rings (SSSR count). The standard InChI is InChI=1S/C19H20ClNO4/c1-2-24-19(23)21-10-15-13-5-3-4-6-17(13)25-18-8-7-12(20)9-14(18)16(15)11-22/h3-9,15-16,22H,2,10-11H2,1H3,(H,21,23)/t15-,16-/m0/s1. The smallest absolute Gasteiger partial charge is 0.407 e. The maximum atomic E-state index is 11.7. The summed E-state index contributed by atoms with van der Waals surface area (Å²) in [5.74, 6) is 0.928. The van der Waals surface area contributed by atoms with E-state index < -0.39 is 6.09 Å². The Kier molecular flexibility index (Phi) is 5.46. The molecular weight excluding hydrogens is 342 g/mol. The van der Waals surface area contributed by atoms with Gasteiger partial charge in [0.1, 0.15) is 11.5 Å². The zero-order valence-corrected chi connectivity index (χ0v) is 14.6. The van der Waals surface area contributed by atoms with Crippen molar-refractivity contribution in [1.29, 1.82) is 0 Å². The fourth-order valence-electron chi connectivity index (χ4n) is 3.19. The second kappa shape index (κ2) is 7.76. The zero-order valence-electron chi connectivity index (χ0n) is 13.9. The van der Waals surface area contributed by atoms with Gasteiger partial charge in [-0.3, -0.25) is 0 Å². The average Bonchev–Trinajstić information content (AvgIpc) is 2.74. The van der Waals surface area contributed by atoms with Crippen LogP contribution in [0.25, 0.3) is 0 Å². The Bertz CT molecular complexity index is 765. The molecule has 0 saturated heterocycles. The first kappa shape index (κ1) is 17.6. The summed E-state index contributed by atoms with van der Waals surface area (Å²) in [6.07, 6.45) is -0.479. The van der Waals surface area contributed by atoms with Crippen LogP contribution in [0.5, 0.6) is 11.5 Å². The molecule has 0 aromatic heterocycles. The number of benzene rings is 2. The molecule has 1 aliphatic rings.